The number of rotatable bonds is 4. The number of allylic oxidation sites excluding steroid dienone is 1. The van der Waals surface area contributed by atoms with Crippen LogP contribution in [-0.4, -0.2) is 23.2 Å². The van der Waals surface area contributed by atoms with E-state index in [0.29, 0.717) is 29.9 Å². The van der Waals surface area contributed by atoms with Gasteiger partial charge in [0, 0.05) is 11.1 Å². The summed E-state index contributed by atoms with van der Waals surface area (Å²) in [6.07, 6.45) is 0.527. The Kier molecular flexibility index (Phi) is 3.46. The van der Waals surface area contributed by atoms with E-state index < -0.39 is 0 Å². The van der Waals surface area contributed by atoms with Crippen molar-refractivity contribution in [2.45, 2.75) is 20.3 Å². The van der Waals surface area contributed by atoms with Crippen LogP contribution in [0.5, 0.6) is 0 Å². The fourth-order valence-corrected chi connectivity index (χ4v) is 1.96. The third-order valence-electron chi connectivity index (χ3n) is 2.82. The molecule has 0 saturated heterocycles. The Labute approximate surface area is 106 Å². The lowest BCUT2D eigenvalue weighted by Gasteiger charge is -2.04. The number of carbonyl (C=O) groups is 1. The van der Waals surface area contributed by atoms with E-state index >= 15 is 0 Å². The summed E-state index contributed by atoms with van der Waals surface area (Å²) in [7, 11) is 0. The van der Waals surface area contributed by atoms with Gasteiger partial charge in [-0.1, -0.05) is 36.3 Å². The highest BCUT2D eigenvalue weighted by atomic mass is 16.6. The number of fused-ring (bicyclic) bond motifs is 1. The zero-order chi connectivity index (χ0) is 13.1. The van der Waals surface area contributed by atoms with Crippen LogP contribution < -0.4 is 0 Å². The van der Waals surface area contributed by atoms with Crippen LogP contribution in [0.4, 0.5) is 0 Å². The van der Waals surface area contributed by atoms with Crippen LogP contribution in [0.3, 0.4) is 0 Å². The quantitative estimate of drug-likeness (QED) is 0.655. The number of benzene rings is 1. The van der Waals surface area contributed by atoms with E-state index in [1.165, 1.54) is 0 Å². The summed E-state index contributed by atoms with van der Waals surface area (Å²) in [5.41, 5.74) is 1.82. The van der Waals surface area contributed by atoms with Crippen molar-refractivity contribution >= 4 is 17.3 Å². The second kappa shape index (κ2) is 5.04. The van der Waals surface area contributed by atoms with Gasteiger partial charge in [0.2, 0.25) is 0 Å². The number of oxime groups is 1. The summed E-state index contributed by atoms with van der Waals surface area (Å²) in [4.78, 5) is 17.2. The molecule has 2 rings (SSSR count). The molecule has 0 aromatic heterocycles. The second-order valence-electron chi connectivity index (χ2n) is 3.91. The van der Waals surface area contributed by atoms with Gasteiger partial charge in [0.15, 0.2) is 5.78 Å². The SMILES string of the molecule is CCO/N=C(\CC)C1=C(O)c2ccccc2C1=O. The molecule has 0 radical (unpaired) electrons. The molecular weight excluding hydrogens is 230 g/mol. The lowest BCUT2D eigenvalue weighted by Crippen LogP contribution is -2.10. The number of ketones is 1. The molecule has 0 unspecified atom stereocenters. The third kappa shape index (κ3) is 1.90. The minimum absolute atomic E-state index is 0.00379. The molecule has 0 aliphatic heterocycles. The second-order valence-corrected chi connectivity index (χ2v) is 3.91. The minimum atomic E-state index is -0.191. The van der Waals surface area contributed by atoms with E-state index in [1.54, 1.807) is 24.3 Å². The van der Waals surface area contributed by atoms with E-state index in [4.69, 9.17) is 4.84 Å². The summed E-state index contributed by atoms with van der Waals surface area (Å²) in [6, 6.07) is 6.99. The first-order chi connectivity index (χ1) is 8.70. The van der Waals surface area contributed by atoms with E-state index in [9.17, 15) is 9.90 Å². The number of aliphatic hydroxyl groups excluding tert-OH is 1. The first-order valence-electron chi connectivity index (χ1n) is 5.97. The molecular formula is C14H15NO3. The maximum Gasteiger partial charge on any atom is 0.199 e. The Balaban J connectivity index is 2.47. The summed E-state index contributed by atoms with van der Waals surface area (Å²) in [5.74, 6) is -0.195. The molecule has 1 aliphatic carbocycles. The fraction of sp³-hybridized carbons (Fsp3) is 0.286. The van der Waals surface area contributed by atoms with Crippen LogP contribution in [0.2, 0.25) is 0 Å². The van der Waals surface area contributed by atoms with Gasteiger partial charge in [-0.25, -0.2) is 0 Å². The Morgan fingerprint density at radius 3 is 2.50 bits per heavy atom. The monoisotopic (exact) mass is 245 g/mol. The molecule has 94 valence electrons. The smallest absolute Gasteiger partial charge is 0.199 e. The molecule has 0 heterocycles. The first kappa shape index (κ1) is 12.4. The highest BCUT2D eigenvalue weighted by Crippen LogP contribution is 2.32. The molecule has 0 atom stereocenters. The van der Waals surface area contributed by atoms with Gasteiger partial charge in [-0.15, -0.1) is 0 Å². The molecule has 18 heavy (non-hydrogen) atoms. The van der Waals surface area contributed by atoms with Crippen molar-refractivity contribution in [2.24, 2.45) is 5.16 Å². The minimum Gasteiger partial charge on any atom is -0.506 e. The Bertz CT molecular complexity index is 544. The zero-order valence-electron chi connectivity index (χ0n) is 10.4. The summed E-state index contributed by atoms with van der Waals surface area (Å²) in [5, 5.41) is 14.0. The summed E-state index contributed by atoms with van der Waals surface area (Å²) in [6.45, 7) is 4.11. The molecule has 1 aromatic carbocycles. The number of nitrogens with zero attached hydrogens (tertiary/aromatic N) is 1. The van der Waals surface area contributed by atoms with E-state index in [2.05, 4.69) is 5.16 Å². The Morgan fingerprint density at radius 1 is 1.28 bits per heavy atom. The molecule has 0 saturated carbocycles. The predicted molar refractivity (Wildman–Crippen MR) is 69.7 cm³/mol. The van der Waals surface area contributed by atoms with Crippen molar-refractivity contribution in [1.82, 2.24) is 0 Å². The normalized spacial score (nSPS) is 15.0. The highest BCUT2D eigenvalue weighted by molar-refractivity contribution is 6.35. The number of hydrogen-bond acceptors (Lipinski definition) is 4. The number of hydrogen-bond donors (Lipinski definition) is 1. The van der Waals surface area contributed by atoms with E-state index in [0.717, 1.165) is 0 Å². The summed E-state index contributed by atoms with van der Waals surface area (Å²) >= 11 is 0. The molecule has 0 spiro atoms. The van der Waals surface area contributed by atoms with E-state index in [-0.39, 0.29) is 17.1 Å². The van der Waals surface area contributed by atoms with Crippen LogP contribution in [0.1, 0.15) is 36.2 Å². The van der Waals surface area contributed by atoms with Crippen LogP contribution in [0.15, 0.2) is 35.0 Å². The van der Waals surface area contributed by atoms with Gasteiger partial charge >= 0.3 is 0 Å². The van der Waals surface area contributed by atoms with Gasteiger partial charge in [-0.05, 0) is 13.3 Å². The molecule has 0 fully saturated rings. The maximum atomic E-state index is 12.2. The molecule has 1 N–H and O–H groups in total. The van der Waals surface area contributed by atoms with Gasteiger partial charge in [0.25, 0.3) is 0 Å². The molecule has 4 heteroatoms. The van der Waals surface area contributed by atoms with Crippen LogP contribution >= 0.6 is 0 Å². The molecule has 0 amide bonds. The standard InChI is InChI=1S/C14H15NO3/c1-3-11(15-18-4-2)12-13(16)9-7-5-6-8-10(9)14(12)17/h5-8,16H,3-4H2,1-2H3/b15-11+. The number of aliphatic hydroxyl groups is 1. The van der Waals surface area contributed by atoms with Gasteiger partial charge in [-0.2, -0.15) is 0 Å². The van der Waals surface area contributed by atoms with Gasteiger partial charge < -0.3 is 9.94 Å². The van der Waals surface area contributed by atoms with Crippen LogP contribution in [-0.2, 0) is 4.84 Å². The topological polar surface area (TPSA) is 58.9 Å². The lowest BCUT2D eigenvalue weighted by atomic mass is 10.0. The lowest BCUT2D eigenvalue weighted by molar-refractivity contribution is 0.104. The third-order valence-corrected chi connectivity index (χ3v) is 2.82. The summed E-state index contributed by atoms with van der Waals surface area (Å²) < 4.78 is 0. The predicted octanol–water partition coefficient (Wildman–Crippen LogP) is 2.95. The molecule has 1 aliphatic rings. The van der Waals surface area contributed by atoms with E-state index in [1.807, 2.05) is 13.8 Å². The fourth-order valence-electron chi connectivity index (χ4n) is 1.96. The number of Topliss-reactive ketones (excluding diaryl/α,β-unsaturated/α-hetero) is 1. The van der Waals surface area contributed by atoms with Crippen LogP contribution in [0, 0.1) is 0 Å². The molecule has 0 bridgehead atoms. The van der Waals surface area contributed by atoms with Crippen molar-refractivity contribution in [3.8, 4) is 0 Å². The molecule has 1 aromatic rings. The van der Waals surface area contributed by atoms with Crippen molar-refractivity contribution in [3.05, 3.63) is 41.0 Å². The average Bonchev–Trinajstić information content (AvgIpc) is 2.65. The van der Waals surface area contributed by atoms with Crippen LogP contribution in [0.25, 0.3) is 5.76 Å². The number of carbonyl (C=O) groups excluding carboxylic acids is 1. The van der Waals surface area contributed by atoms with Crippen molar-refractivity contribution < 1.29 is 14.7 Å². The first-order valence-corrected chi connectivity index (χ1v) is 5.97. The van der Waals surface area contributed by atoms with Gasteiger partial charge in [-0.3, -0.25) is 4.79 Å². The van der Waals surface area contributed by atoms with Crippen molar-refractivity contribution in [2.75, 3.05) is 6.61 Å². The van der Waals surface area contributed by atoms with Gasteiger partial charge in [0.05, 0.1) is 11.3 Å². The Morgan fingerprint density at radius 2 is 1.94 bits per heavy atom. The molecule has 4 nitrogen and oxygen atoms in total. The van der Waals surface area contributed by atoms with Gasteiger partial charge in [0.1, 0.15) is 12.4 Å². The average molecular weight is 245 g/mol. The van der Waals surface area contributed by atoms with Crippen molar-refractivity contribution in [1.29, 1.82) is 0 Å². The zero-order valence-corrected chi connectivity index (χ0v) is 10.4. The largest absolute Gasteiger partial charge is 0.506 e. The maximum absolute atomic E-state index is 12.2. The van der Waals surface area contributed by atoms with Crippen molar-refractivity contribution in [3.63, 3.8) is 0 Å². The highest BCUT2D eigenvalue weighted by Gasteiger charge is 2.32. The Hall–Kier alpha value is -2.10.